The van der Waals surface area contributed by atoms with Gasteiger partial charge in [0.05, 0.1) is 38.6 Å². The molecule has 418 valence electrons. The van der Waals surface area contributed by atoms with Crippen LogP contribution in [0.4, 0.5) is 0 Å². The van der Waals surface area contributed by atoms with Crippen LogP contribution in [0, 0.1) is 0 Å². The monoisotopic (exact) mass is 1050 g/mol. The molecule has 0 saturated carbocycles. The SMILES string of the molecule is CO[C@@H]1O[C@H](CO)[C@@H](O[C@@H]2O[C@H](CO)[C@H](O)[C@H](O[C@@H]3O[C@H](CO)[C@@H](O[C@@H]4O[C@@H](C)[C@@H](O)[C@@H](O)[C@@H]4O)[C@H](O[C@@H]4O[C@H](CO)[C@H](O)[C@H](O)[C@H]4O)[C@H]3NC(C)=O)[C@H]2O)[C@H](O[C@@H]2O[C@@H](C)[C@@H](O)[C@@H](O)[C@@H]2O)[C@H]1NC(C)=O. The Morgan fingerprint density at radius 3 is 1.10 bits per heavy atom. The van der Waals surface area contributed by atoms with Crippen LogP contribution in [0.15, 0.2) is 0 Å². The van der Waals surface area contributed by atoms with Gasteiger partial charge in [0.15, 0.2) is 37.7 Å². The van der Waals surface area contributed by atoms with Gasteiger partial charge in [0.2, 0.25) is 11.8 Å². The number of hydrogen-bond acceptors (Lipinski definition) is 29. The first-order valence-corrected chi connectivity index (χ1v) is 23.2. The van der Waals surface area contributed by atoms with Crippen molar-refractivity contribution in [2.45, 2.75) is 212 Å². The highest BCUT2D eigenvalue weighted by atomic mass is 16.8. The first kappa shape index (κ1) is 59.1. The average Bonchev–Trinajstić information content (AvgIpc) is 3.34. The fraction of sp³-hybridized carbons (Fsp3) is 0.951. The van der Waals surface area contributed by atoms with E-state index >= 15 is 0 Å². The maximum Gasteiger partial charge on any atom is 0.217 e. The molecule has 0 bridgehead atoms. The van der Waals surface area contributed by atoms with E-state index < -0.39 is 222 Å². The molecule has 6 aliphatic heterocycles. The standard InChI is InChI=1S/C41H70N2O29/c1-10-20(50)24(54)27(57)38(62-10)68-32-17(9-47)67-37(19(43-13(4)49)34(32)71-40-29(59)26(56)22(52)14(6-44)64-40)72-35-23(53)15(7-45)65-41(30(35)60)69-31-16(8-46)66-36(61-5)18(42-12(3)48)33(31)70-39-28(58)25(55)21(51)11(2)63-39/h10-11,14-41,44-47,50-60H,6-9H2,1-5H3,(H,42,48)(H,43,49)/t10-,11-,14+,15+,16+,17+,18+,19+,20+,21+,22-,23-,24+,25+,26-,27-,28-,29+,30+,31+,32+,33+,34+,35-,36+,37-,38-,39-,40-,41-/m0/s1. The number of aliphatic hydroxyl groups is 15. The van der Waals surface area contributed by atoms with E-state index in [1.54, 1.807) is 0 Å². The number of hydrogen-bond donors (Lipinski definition) is 17. The molecule has 0 aliphatic carbocycles. The fourth-order valence-electron chi connectivity index (χ4n) is 9.38. The van der Waals surface area contributed by atoms with Gasteiger partial charge >= 0.3 is 0 Å². The van der Waals surface area contributed by atoms with E-state index in [2.05, 4.69) is 10.6 Å². The van der Waals surface area contributed by atoms with E-state index in [0.29, 0.717) is 0 Å². The lowest BCUT2D eigenvalue weighted by atomic mass is 9.93. The second-order valence-electron chi connectivity index (χ2n) is 18.4. The molecule has 6 saturated heterocycles. The Hall–Kier alpha value is -2.14. The molecule has 30 atom stereocenters. The van der Waals surface area contributed by atoms with E-state index in [1.165, 1.54) is 21.0 Å². The smallest absolute Gasteiger partial charge is 0.217 e. The molecule has 2 amide bonds. The molecular formula is C41H70N2O29. The molecule has 0 aromatic rings. The highest BCUT2D eigenvalue weighted by Gasteiger charge is 2.59. The average molecular weight is 1050 g/mol. The zero-order valence-electron chi connectivity index (χ0n) is 39.6. The molecule has 31 heteroatoms. The summed E-state index contributed by atoms with van der Waals surface area (Å²) in [5.74, 6) is -1.55. The lowest BCUT2D eigenvalue weighted by molar-refractivity contribution is -0.394. The van der Waals surface area contributed by atoms with E-state index in [-0.39, 0.29) is 0 Å². The van der Waals surface area contributed by atoms with Crippen molar-refractivity contribution in [3.8, 4) is 0 Å². The predicted octanol–water partition coefficient (Wildman–Crippen LogP) is -11.1. The second kappa shape index (κ2) is 25.3. The van der Waals surface area contributed by atoms with Crippen LogP contribution in [0.1, 0.15) is 27.7 Å². The number of amides is 2. The molecule has 6 rings (SSSR count). The minimum Gasteiger partial charge on any atom is -0.394 e. The van der Waals surface area contributed by atoms with Crippen molar-refractivity contribution in [3.63, 3.8) is 0 Å². The first-order valence-electron chi connectivity index (χ1n) is 23.2. The zero-order valence-corrected chi connectivity index (χ0v) is 39.6. The van der Waals surface area contributed by atoms with Crippen molar-refractivity contribution in [3.05, 3.63) is 0 Å². The van der Waals surface area contributed by atoms with E-state index in [4.69, 9.17) is 56.8 Å². The number of aliphatic hydroxyl groups excluding tert-OH is 15. The van der Waals surface area contributed by atoms with Crippen LogP contribution in [-0.2, 0) is 66.4 Å². The van der Waals surface area contributed by atoms with Crippen molar-refractivity contribution >= 4 is 11.8 Å². The molecule has 0 aromatic carbocycles. The molecular weight excluding hydrogens is 984 g/mol. The zero-order chi connectivity index (χ0) is 53.2. The molecule has 0 radical (unpaired) electrons. The number of carbonyl (C=O) groups excluding carboxylic acids is 2. The quantitative estimate of drug-likeness (QED) is 0.0643. The summed E-state index contributed by atoms with van der Waals surface area (Å²) in [4.78, 5) is 25.6. The molecule has 0 aromatic heterocycles. The van der Waals surface area contributed by atoms with Crippen LogP contribution in [0.2, 0.25) is 0 Å². The maximum atomic E-state index is 13.0. The number of carbonyl (C=O) groups is 2. The predicted molar refractivity (Wildman–Crippen MR) is 224 cm³/mol. The largest absolute Gasteiger partial charge is 0.394 e. The Morgan fingerprint density at radius 1 is 0.375 bits per heavy atom. The summed E-state index contributed by atoms with van der Waals surface area (Å²) in [6.07, 6.45) is -50.1. The lowest BCUT2D eigenvalue weighted by Crippen LogP contribution is -2.71. The summed E-state index contributed by atoms with van der Waals surface area (Å²) >= 11 is 0. The van der Waals surface area contributed by atoms with Gasteiger partial charge in [-0.05, 0) is 13.8 Å². The molecule has 72 heavy (non-hydrogen) atoms. The summed E-state index contributed by atoms with van der Waals surface area (Å²) in [7, 11) is 1.18. The lowest BCUT2D eigenvalue weighted by Gasteiger charge is -2.52. The highest BCUT2D eigenvalue weighted by Crippen LogP contribution is 2.38. The number of ether oxygens (including phenoxy) is 12. The molecule has 0 unspecified atom stereocenters. The minimum atomic E-state index is -2.22. The van der Waals surface area contributed by atoms with Gasteiger partial charge in [0, 0.05) is 21.0 Å². The van der Waals surface area contributed by atoms with Gasteiger partial charge in [-0.3, -0.25) is 9.59 Å². The minimum absolute atomic E-state index is 0.683. The van der Waals surface area contributed by atoms with E-state index in [1.807, 2.05) is 0 Å². The third-order valence-corrected chi connectivity index (χ3v) is 13.4. The van der Waals surface area contributed by atoms with Gasteiger partial charge in [-0.15, -0.1) is 0 Å². The molecule has 17 N–H and O–H groups in total. The van der Waals surface area contributed by atoms with Crippen molar-refractivity contribution in [2.24, 2.45) is 0 Å². The Morgan fingerprint density at radius 2 is 0.694 bits per heavy atom. The van der Waals surface area contributed by atoms with Crippen LogP contribution in [0.3, 0.4) is 0 Å². The van der Waals surface area contributed by atoms with Crippen molar-refractivity contribution in [1.29, 1.82) is 0 Å². The normalized spacial score (nSPS) is 50.3. The van der Waals surface area contributed by atoms with Gasteiger partial charge in [0.25, 0.3) is 0 Å². The Bertz CT molecular complexity index is 1730. The van der Waals surface area contributed by atoms with E-state index in [0.717, 1.165) is 13.8 Å². The Balaban J connectivity index is 1.36. The first-order chi connectivity index (χ1) is 34.0. The summed E-state index contributed by atoms with van der Waals surface area (Å²) in [5, 5.41) is 167. The van der Waals surface area contributed by atoms with Gasteiger partial charge in [0.1, 0.15) is 134 Å². The second-order valence-corrected chi connectivity index (χ2v) is 18.4. The van der Waals surface area contributed by atoms with Gasteiger partial charge < -0.3 is 144 Å². The molecule has 6 heterocycles. The van der Waals surface area contributed by atoms with Gasteiger partial charge in [-0.25, -0.2) is 0 Å². The van der Waals surface area contributed by atoms with Crippen molar-refractivity contribution in [2.75, 3.05) is 33.5 Å². The molecule has 31 nitrogen and oxygen atoms in total. The van der Waals surface area contributed by atoms with Gasteiger partial charge in [-0.2, -0.15) is 0 Å². The molecule has 6 fully saturated rings. The Kier molecular flexibility index (Phi) is 20.8. The molecule has 6 aliphatic rings. The van der Waals surface area contributed by atoms with Crippen LogP contribution in [0.25, 0.3) is 0 Å². The van der Waals surface area contributed by atoms with Crippen LogP contribution >= 0.6 is 0 Å². The van der Waals surface area contributed by atoms with Crippen LogP contribution in [-0.4, -0.2) is 306 Å². The summed E-state index contributed by atoms with van der Waals surface area (Å²) in [6, 6.07) is -3.21. The maximum absolute atomic E-state index is 13.0. The Labute approximate surface area is 410 Å². The third-order valence-electron chi connectivity index (χ3n) is 13.4. The third kappa shape index (κ3) is 12.5. The number of nitrogens with one attached hydrogen (secondary N) is 2. The fourth-order valence-corrected chi connectivity index (χ4v) is 9.38. The number of rotatable bonds is 17. The summed E-state index contributed by atoms with van der Waals surface area (Å²) in [6.45, 7) is 0.948. The van der Waals surface area contributed by atoms with Crippen LogP contribution < -0.4 is 10.6 Å². The van der Waals surface area contributed by atoms with Crippen molar-refractivity contribution < 1.29 is 143 Å². The summed E-state index contributed by atoms with van der Waals surface area (Å²) < 4.78 is 70.9. The summed E-state index contributed by atoms with van der Waals surface area (Å²) in [5.41, 5.74) is 0. The molecule has 0 spiro atoms. The van der Waals surface area contributed by atoms with E-state index in [9.17, 15) is 86.2 Å². The highest BCUT2D eigenvalue weighted by molar-refractivity contribution is 5.73. The number of methoxy groups -OCH3 is 1. The van der Waals surface area contributed by atoms with Gasteiger partial charge in [-0.1, -0.05) is 0 Å². The van der Waals surface area contributed by atoms with Crippen molar-refractivity contribution in [1.82, 2.24) is 10.6 Å². The van der Waals surface area contributed by atoms with Crippen LogP contribution in [0.5, 0.6) is 0 Å². The topological polar surface area (TPSA) is 472 Å².